The number of carbonyl (C=O) groups excluding carboxylic acids is 3. The Morgan fingerprint density at radius 2 is 1.61 bits per heavy atom. The number of hydrogen-bond donors (Lipinski definition) is 3. The summed E-state index contributed by atoms with van der Waals surface area (Å²) in [5.74, 6) is 0.827. The van der Waals surface area contributed by atoms with Crippen LogP contribution in [0.4, 0.5) is 16.2 Å². The van der Waals surface area contributed by atoms with Gasteiger partial charge in [-0.25, -0.2) is 4.79 Å². The number of rotatable bonds is 6. The first-order chi connectivity index (χ1) is 15.9. The molecule has 4 amide bonds. The van der Waals surface area contributed by atoms with E-state index in [1.807, 2.05) is 36.1 Å². The summed E-state index contributed by atoms with van der Waals surface area (Å²) in [4.78, 5) is 39.1. The number of benzene rings is 2. The van der Waals surface area contributed by atoms with E-state index in [2.05, 4.69) is 22.9 Å². The maximum atomic E-state index is 13.0. The second kappa shape index (κ2) is 10.1. The number of hydrogen-bond acceptors (Lipinski definition) is 3. The Labute approximate surface area is 194 Å². The van der Waals surface area contributed by atoms with Crippen LogP contribution in [0.1, 0.15) is 42.1 Å². The number of carbonyl (C=O) groups is 3. The van der Waals surface area contributed by atoms with Gasteiger partial charge in [0.1, 0.15) is 0 Å². The van der Waals surface area contributed by atoms with Crippen LogP contribution in [0, 0.1) is 24.7 Å². The standard InChI is InChI=1S/C26H32N4O3/c1-17-5-9-22(10-6-17)29-26(33)27-15-19-4-3-13-30(16-19)25(32)20-7-11-21(12-8-20)28-24(31)23-14-18(23)2/h5-12,18-19,23H,3-4,13-16H2,1-2H3,(H,28,31)(H2,27,29,33). The summed E-state index contributed by atoms with van der Waals surface area (Å²) >= 11 is 0. The minimum atomic E-state index is -0.236. The molecule has 0 spiro atoms. The van der Waals surface area contributed by atoms with Gasteiger partial charge < -0.3 is 20.9 Å². The van der Waals surface area contributed by atoms with E-state index in [9.17, 15) is 14.4 Å². The molecule has 3 atom stereocenters. The molecule has 2 fully saturated rings. The van der Waals surface area contributed by atoms with Gasteiger partial charge in [-0.15, -0.1) is 0 Å². The number of likely N-dealkylation sites (tertiary alicyclic amines) is 1. The summed E-state index contributed by atoms with van der Waals surface area (Å²) in [6.07, 6.45) is 2.82. The first-order valence-electron chi connectivity index (χ1n) is 11.7. The summed E-state index contributed by atoms with van der Waals surface area (Å²) in [6, 6.07) is 14.5. The van der Waals surface area contributed by atoms with Crippen molar-refractivity contribution in [2.75, 3.05) is 30.3 Å². The van der Waals surface area contributed by atoms with Gasteiger partial charge in [-0.05, 0) is 74.4 Å². The van der Waals surface area contributed by atoms with Crippen molar-refractivity contribution in [3.8, 4) is 0 Å². The lowest BCUT2D eigenvalue weighted by Gasteiger charge is -2.33. The number of anilines is 2. The molecule has 3 unspecified atom stereocenters. The SMILES string of the molecule is Cc1ccc(NC(=O)NCC2CCCN(C(=O)c3ccc(NC(=O)C4CC4C)cc3)C2)cc1. The average Bonchev–Trinajstić information content (AvgIpc) is 3.56. The fraction of sp³-hybridized carbons (Fsp3) is 0.423. The van der Waals surface area contributed by atoms with Crippen LogP contribution in [-0.4, -0.2) is 42.4 Å². The van der Waals surface area contributed by atoms with E-state index in [0.717, 1.165) is 36.2 Å². The van der Waals surface area contributed by atoms with Gasteiger partial charge in [0.2, 0.25) is 5.91 Å². The molecule has 1 heterocycles. The van der Waals surface area contributed by atoms with Crippen LogP contribution >= 0.6 is 0 Å². The van der Waals surface area contributed by atoms with Gasteiger partial charge in [0, 0.05) is 42.5 Å². The Kier molecular flexibility index (Phi) is 6.96. The summed E-state index contributed by atoms with van der Waals surface area (Å²) < 4.78 is 0. The Bertz CT molecular complexity index is 1000. The Morgan fingerprint density at radius 1 is 0.970 bits per heavy atom. The van der Waals surface area contributed by atoms with Gasteiger partial charge >= 0.3 is 6.03 Å². The fourth-order valence-corrected chi connectivity index (χ4v) is 4.27. The molecule has 1 aliphatic heterocycles. The minimum Gasteiger partial charge on any atom is -0.338 e. The lowest BCUT2D eigenvalue weighted by atomic mass is 9.97. The summed E-state index contributed by atoms with van der Waals surface area (Å²) in [5, 5.41) is 8.69. The van der Waals surface area contributed by atoms with Crippen LogP contribution < -0.4 is 16.0 Å². The summed E-state index contributed by atoms with van der Waals surface area (Å²) in [7, 11) is 0. The molecule has 2 aliphatic rings. The van der Waals surface area contributed by atoms with Crippen molar-refractivity contribution < 1.29 is 14.4 Å². The van der Waals surface area contributed by atoms with Crippen LogP contribution in [-0.2, 0) is 4.79 Å². The van der Waals surface area contributed by atoms with Gasteiger partial charge in [0.15, 0.2) is 0 Å². The molecule has 1 aliphatic carbocycles. The normalized spacial score (nSPS) is 21.8. The molecule has 0 aromatic heterocycles. The molecular formula is C26H32N4O3. The number of nitrogens with one attached hydrogen (secondary N) is 3. The maximum absolute atomic E-state index is 13.0. The van der Waals surface area contributed by atoms with Gasteiger partial charge in [-0.1, -0.05) is 24.6 Å². The van der Waals surface area contributed by atoms with Gasteiger partial charge in [0.05, 0.1) is 0 Å². The molecule has 7 nitrogen and oxygen atoms in total. The molecule has 1 saturated carbocycles. The molecule has 4 rings (SSSR count). The quantitative estimate of drug-likeness (QED) is 0.617. The molecule has 174 valence electrons. The number of urea groups is 1. The zero-order valence-electron chi connectivity index (χ0n) is 19.3. The van der Waals surface area contributed by atoms with Crippen molar-refractivity contribution in [2.24, 2.45) is 17.8 Å². The summed E-state index contributed by atoms with van der Waals surface area (Å²) in [5.41, 5.74) is 3.22. The number of aryl methyl sites for hydroxylation is 1. The molecule has 0 bridgehead atoms. The number of piperidine rings is 1. The molecule has 0 radical (unpaired) electrons. The van der Waals surface area contributed by atoms with Crippen LogP contribution in [0.3, 0.4) is 0 Å². The topological polar surface area (TPSA) is 90.5 Å². The number of nitrogens with zero attached hydrogens (tertiary/aromatic N) is 1. The third-order valence-corrected chi connectivity index (χ3v) is 6.51. The van der Waals surface area contributed by atoms with E-state index in [0.29, 0.717) is 31.1 Å². The van der Waals surface area contributed by atoms with Crippen LogP contribution in [0.5, 0.6) is 0 Å². The van der Waals surface area contributed by atoms with Gasteiger partial charge in [0.25, 0.3) is 5.91 Å². The number of amides is 4. The highest BCUT2D eigenvalue weighted by molar-refractivity contribution is 5.97. The third kappa shape index (κ3) is 6.12. The molecular weight excluding hydrogens is 416 g/mol. The Balaban J connectivity index is 1.25. The van der Waals surface area contributed by atoms with Crippen molar-refractivity contribution in [2.45, 2.75) is 33.1 Å². The highest BCUT2D eigenvalue weighted by Gasteiger charge is 2.39. The lowest BCUT2D eigenvalue weighted by Crippen LogP contribution is -2.44. The van der Waals surface area contributed by atoms with Gasteiger partial charge in [-0.2, -0.15) is 0 Å². The predicted molar refractivity (Wildman–Crippen MR) is 129 cm³/mol. The Morgan fingerprint density at radius 3 is 2.27 bits per heavy atom. The van der Waals surface area contributed by atoms with Crippen molar-refractivity contribution >= 4 is 29.2 Å². The van der Waals surface area contributed by atoms with Crippen LogP contribution in [0.15, 0.2) is 48.5 Å². The largest absolute Gasteiger partial charge is 0.338 e. The van der Waals surface area contributed by atoms with E-state index in [4.69, 9.17) is 0 Å². The fourth-order valence-electron chi connectivity index (χ4n) is 4.27. The first kappa shape index (κ1) is 22.8. The average molecular weight is 449 g/mol. The van der Waals surface area contributed by atoms with E-state index >= 15 is 0 Å². The van der Waals surface area contributed by atoms with Gasteiger partial charge in [-0.3, -0.25) is 9.59 Å². The highest BCUT2D eigenvalue weighted by Crippen LogP contribution is 2.38. The summed E-state index contributed by atoms with van der Waals surface area (Å²) in [6.45, 7) is 5.92. The van der Waals surface area contributed by atoms with E-state index < -0.39 is 0 Å². The highest BCUT2D eigenvalue weighted by atomic mass is 16.2. The van der Waals surface area contributed by atoms with Crippen LogP contribution in [0.25, 0.3) is 0 Å². The second-order valence-corrected chi connectivity index (χ2v) is 9.35. The maximum Gasteiger partial charge on any atom is 0.319 e. The lowest BCUT2D eigenvalue weighted by molar-refractivity contribution is -0.117. The third-order valence-electron chi connectivity index (χ3n) is 6.51. The molecule has 7 heteroatoms. The van der Waals surface area contributed by atoms with Crippen LogP contribution in [0.2, 0.25) is 0 Å². The van der Waals surface area contributed by atoms with Crippen molar-refractivity contribution in [1.82, 2.24) is 10.2 Å². The van der Waals surface area contributed by atoms with Crippen molar-refractivity contribution in [3.05, 3.63) is 59.7 Å². The Hall–Kier alpha value is -3.35. The monoisotopic (exact) mass is 448 g/mol. The molecule has 2 aromatic rings. The minimum absolute atomic E-state index is 0.0162. The van der Waals surface area contributed by atoms with E-state index in [1.54, 1.807) is 24.3 Å². The smallest absolute Gasteiger partial charge is 0.319 e. The van der Waals surface area contributed by atoms with Crippen molar-refractivity contribution in [1.29, 1.82) is 0 Å². The van der Waals surface area contributed by atoms with E-state index in [-0.39, 0.29) is 29.7 Å². The zero-order chi connectivity index (χ0) is 23.4. The van der Waals surface area contributed by atoms with E-state index in [1.165, 1.54) is 0 Å². The molecule has 1 saturated heterocycles. The first-order valence-corrected chi connectivity index (χ1v) is 11.7. The zero-order valence-corrected chi connectivity index (χ0v) is 19.3. The second-order valence-electron chi connectivity index (χ2n) is 9.35. The molecule has 3 N–H and O–H groups in total. The molecule has 2 aromatic carbocycles. The molecule has 33 heavy (non-hydrogen) atoms. The predicted octanol–water partition coefficient (Wildman–Crippen LogP) is 4.26. The van der Waals surface area contributed by atoms with Crippen molar-refractivity contribution in [3.63, 3.8) is 0 Å².